The highest BCUT2D eigenvalue weighted by Gasteiger charge is 2.11. The molecular weight excluding hydrogens is 234 g/mol. The maximum Gasteiger partial charge on any atom is 0.323 e. The third-order valence-electron chi connectivity index (χ3n) is 3.06. The van der Waals surface area contributed by atoms with Crippen LogP contribution in [0.1, 0.15) is 11.1 Å². The predicted molar refractivity (Wildman–Crippen MR) is 70.0 cm³/mol. The number of imidazole rings is 1. The highest BCUT2D eigenvalue weighted by Crippen LogP contribution is 2.26. The molecule has 0 spiro atoms. The van der Waals surface area contributed by atoms with E-state index in [4.69, 9.17) is 5.11 Å². The third-order valence-corrected chi connectivity index (χ3v) is 3.06. The Morgan fingerprint density at radius 2 is 2.11 bits per heavy atom. The number of nitrogens with one attached hydrogen (secondary N) is 3. The van der Waals surface area contributed by atoms with Crippen LogP contribution in [0.3, 0.4) is 0 Å². The van der Waals surface area contributed by atoms with Crippen molar-refractivity contribution < 1.29 is 10.2 Å². The van der Waals surface area contributed by atoms with Crippen LogP contribution in [0.15, 0.2) is 10.9 Å². The fraction of sp³-hybridized carbons (Fsp3) is 0.417. The molecule has 1 aromatic carbocycles. The molecule has 0 aliphatic heterocycles. The molecule has 2 aromatic rings. The average molecular weight is 251 g/mol. The summed E-state index contributed by atoms with van der Waals surface area (Å²) in [5.41, 5.74) is 3.97. The molecule has 6 heteroatoms. The highest BCUT2D eigenvalue weighted by molar-refractivity contribution is 5.91. The summed E-state index contributed by atoms with van der Waals surface area (Å²) in [7, 11) is 0. The van der Waals surface area contributed by atoms with E-state index in [0.717, 1.165) is 22.3 Å². The van der Waals surface area contributed by atoms with Crippen LogP contribution in [0.4, 0.5) is 5.69 Å². The van der Waals surface area contributed by atoms with Crippen LogP contribution in [0.25, 0.3) is 11.0 Å². The van der Waals surface area contributed by atoms with Crippen LogP contribution in [-0.2, 0) is 0 Å². The van der Waals surface area contributed by atoms with E-state index in [-0.39, 0.29) is 18.8 Å². The molecule has 0 bridgehead atoms. The van der Waals surface area contributed by atoms with Gasteiger partial charge in [-0.3, -0.25) is 0 Å². The van der Waals surface area contributed by atoms with Gasteiger partial charge in [0.15, 0.2) is 0 Å². The second-order valence-corrected chi connectivity index (χ2v) is 4.41. The Morgan fingerprint density at radius 3 is 2.78 bits per heavy atom. The van der Waals surface area contributed by atoms with E-state index in [0.29, 0.717) is 5.52 Å². The van der Waals surface area contributed by atoms with E-state index in [1.165, 1.54) is 0 Å². The molecule has 1 heterocycles. The van der Waals surface area contributed by atoms with E-state index >= 15 is 0 Å². The van der Waals surface area contributed by atoms with Crippen LogP contribution in [-0.4, -0.2) is 39.4 Å². The van der Waals surface area contributed by atoms with E-state index < -0.39 is 6.10 Å². The van der Waals surface area contributed by atoms with Crippen molar-refractivity contribution >= 4 is 16.7 Å². The zero-order chi connectivity index (χ0) is 13.3. The lowest BCUT2D eigenvalue weighted by molar-refractivity contribution is 0.105. The first-order valence-electron chi connectivity index (χ1n) is 5.78. The number of aliphatic hydroxyl groups is 2. The van der Waals surface area contributed by atoms with Crippen molar-refractivity contribution in [2.75, 3.05) is 18.5 Å². The van der Waals surface area contributed by atoms with Crippen LogP contribution in [0, 0.1) is 13.8 Å². The van der Waals surface area contributed by atoms with Crippen LogP contribution < -0.4 is 11.0 Å². The van der Waals surface area contributed by atoms with Gasteiger partial charge in [-0.05, 0) is 31.0 Å². The number of hydrogen-bond acceptors (Lipinski definition) is 4. The number of hydrogen-bond donors (Lipinski definition) is 5. The molecule has 0 amide bonds. The second-order valence-electron chi connectivity index (χ2n) is 4.41. The highest BCUT2D eigenvalue weighted by atomic mass is 16.3. The van der Waals surface area contributed by atoms with Crippen LogP contribution in [0.5, 0.6) is 0 Å². The minimum absolute atomic E-state index is 0.225. The number of aromatic amines is 2. The van der Waals surface area contributed by atoms with Gasteiger partial charge in [0, 0.05) is 6.54 Å². The number of benzene rings is 1. The minimum atomic E-state index is -0.828. The molecule has 5 N–H and O–H groups in total. The quantitative estimate of drug-likeness (QED) is 0.537. The molecule has 0 aliphatic rings. The van der Waals surface area contributed by atoms with E-state index in [1.807, 2.05) is 19.9 Å². The summed E-state index contributed by atoms with van der Waals surface area (Å²) in [5.74, 6) is 0. The summed E-state index contributed by atoms with van der Waals surface area (Å²) < 4.78 is 0. The number of anilines is 1. The first kappa shape index (κ1) is 12.7. The molecule has 98 valence electrons. The van der Waals surface area contributed by atoms with Crippen molar-refractivity contribution in [3.63, 3.8) is 0 Å². The van der Waals surface area contributed by atoms with Crippen molar-refractivity contribution in [2.24, 2.45) is 0 Å². The zero-order valence-electron chi connectivity index (χ0n) is 10.4. The molecule has 0 saturated carbocycles. The molecule has 1 atom stereocenters. The van der Waals surface area contributed by atoms with Crippen LogP contribution >= 0.6 is 0 Å². The minimum Gasteiger partial charge on any atom is -0.394 e. The summed E-state index contributed by atoms with van der Waals surface area (Å²) in [6.45, 7) is 3.81. The third kappa shape index (κ3) is 2.25. The predicted octanol–water partition coefficient (Wildman–Crippen LogP) is 0.238. The van der Waals surface area contributed by atoms with Gasteiger partial charge in [-0.1, -0.05) is 0 Å². The lowest BCUT2D eigenvalue weighted by Gasteiger charge is -2.14. The van der Waals surface area contributed by atoms with E-state index in [2.05, 4.69) is 15.3 Å². The van der Waals surface area contributed by atoms with Gasteiger partial charge in [0.05, 0.1) is 29.4 Å². The van der Waals surface area contributed by atoms with Gasteiger partial charge in [-0.25, -0.2) is 4.79 Å². The lowest BCUT2D eigenvalue weighted by atomic mass is 10.1. The van der Waals surface area contributed by atoms with Crippen molar-refractivity contribution in [3.05, 3.63) is 27.7 Å². The summed E-state index contributed by atoms with van der Waals surface area (Å²) >= 11 is 0. The largest absolute Gasteiger partial charge is 0.394 e. The summed E-state index contributed by atoms with van der Waals surface area (Å²) in [6.07, 6.45) is -0.828. The average Bonchev–Trinajstić information content (AvgIpc) is 2.69. The molecule has 0 saturated heterocycles. The summed E-state index contributed by atoms with van der Waals surface area (Å²) in [6, 6.07) is 1.90. The Morgan fingerprint density at radius 1 is 1.39 bits per heavy atom. The van der Waals surface area contributed by atoms with E-state index in [1.54, 1.807) is 0 Å². The van der Waals surface area contributed by atoms with Crippen molar-refractivity contribution in [1.82, 2.24) is 9.97 Å². The molecular formula is C12H17N3O3. The summed E-state index contributed by atoms with van der Waals surface area (Å²) in [5, 5.41) is 21.2. The Kier molecular flexibility index (Phi) is 3.40. The molecule has 6 nitrogen and oxygen atoms in total. The van der Waals surface area contributed by atoms with Gasteiger partial charge >= 0.3 is 5.69 Å². The zero-order valence-corrected chi connectivity index (χ0v) is 10.4. The first-order valence-corrected chi connectivity index (χ1v) is 5.78. The van der Waals surface area contributed by atoms with Crippen molar-refractivity contribution in [1.29, 1.82) is 0 Å². The normalized spacial score (nSPS) is 12.9. The van der Waals surface area contributed by atoms with Crippen LogP contribution in [0.2, 0.25) is 0 Å². The van der Waals surface area contributed by atoms with Gasteiger partial charge in [0.1, 0.15) is 0 Å². The molecule has 1 aromatic heterocycles. The Balaban J connectivity index is 2.46. The Hall–Kier alpha value is -1.79. The fourth-order valence-corrected chi connectivity index (χ4v) is 1.92. The maximum absolute atomic E-state index is 11.3. The number of aryl methyl sites for hydroxylation is 1. The monoisotopic (exact) mass is 251 g/mol. The SMILES string of the molecule is Cc1cc2[nH]c(=O)[nH]c2c(NCC(O)CO)c1C. The number of rotatable bonds is 4. The topological polar surface area (TPSA) is 101 Å². The standard InChI is InChI=1S/C12H17N3O3/c1-6-3-9-11(15-12(18)14-9)10(7(6)2)13-4-8(17)5-16/h3,8,13,16-17H,4-5H2,1-2H3,(H2,14,15,18). The van der Waals surface area contributed by atoms with Gasteiger partial charge in [0.25, 0.3) is 0 Å². The number of aromatic nitrogens is 2. The van der Waals surface area contributed by atoms with Gasteiger partial charge < -0.3 is 25.5 Å². The second kappa shape index (κ2) is 4.83. The molecule has 1 unspecified atom stereocenters. The molecule has 0 fully saturated rings. The first-order chi connectivity index (χ1) is 8.52. The smallest absolute Gasteiger partial charge is 0.323 e. The molecule has 0 aliphatic carbocycles. The van der Waals surface area contributed by atoms with Crippen molar-refractivity contribution in [2.45, 2.75) is 20.0 Å². The molecule has 18 heavy (non-hydrogen) atoms. The van der Waals surface area contributed by atoms with Gasteiger partial charge in [-0.2, -0.15) is 0 Å². The number of fused-ring (bicyclic) bond motifs is 1. The van der Waals surface area contributed by atoms with E-state index in [9.17, 15) is 9.90 Å². The van der Waals surface area contributed by atoms with Gasteiger partial charge in [-0.15, -0.1) is 0 Å². The van der Waals surface area contributed by atoms with Gasteiger partial charge in [0.2, 0.25) is 0 Å². The number of aliphatic hydroxyl groups excluding tert-OH is 2. The number of H-pyrrole nitrogens is 2. The lowest BCUT2D eigenvalue weighted by Crippen LogP contribution is -2.23. The van der Waals surface area contributed by atoms with Crippen molar-refractivity contribution in [3.8, 4) is 0 Å². The Bertz CT molecular complexity index is 615. The maximum atomic E-state index is 11.3. The fourth-order valence-electron chi connectivity index (χ4n) is 1.92. The molecule has 2 rings (SSSR count). The summed E-state index contributed by atoms with van der Waals surface area (Å²) in [4.78, 5) is 16.8. The Labute approximate surface area is 104 Å². The molecule has 0 radical (unpaired) electrons.